The number of hydrogen-bond donors (Lipinski definition) is 1. The first-order chi connectivity index (χ1) is 9.28. The maximum atomic E-state index is 10.4. The lowest BCUT2D eigenvalue weighted by Crippen LogP contribution is -2.21. The van der Waals surface area contributed by atoms with Crippen molar-refractivity contribution in [1.82, 2.24) is 0 Å². The molecule has 2 rings (SSSR count). The predicted molar refractivity (Wildman–Crippen MR) is 84.8 cm³/mol. The first-order valence-electron chi connectivity index (χ1n) is 8.05. The standard InChI is InChI=1S/2C9H16O/c2*1-9(2)5-3-8(7-10)4-6-9/h7,10H,3-6H2,1-2H3;7-8H,3-6H2,1-2H3. The number of hydrogen-bond acceptors (Lipinski definition) is 2. The van der Waals surface area contributed by atoms with E-state index in [0.29, 0.717) is 16.7 Å². The molecule has 2 aliphatic carbocycles. The van der Waals surface area contributed by atoms with Crippen molar-refractivity contribution >= 4 is 6.29 Å². The maximum Gasteiger partial charge on any atom is 0.123 e. The van der Waals surface area contributed by atoms with Gasteiger partial charge in [0, 0.05) is 5.92 Å². The summed E-state index contributed by atoms with van der Waals surface area (Å²) in [6, 6.07) is 0. The number of aliphatic hydroxyl groups excluding tert-OH is 1. The molecular formula is C18H32O2. The van der Waals surface area contributed by atoms with E-state index in [4.69, 9.17) is 5.11 Å². The van der Waals surface area contributed by atoms with Crippen molar-refractivity contribution in [2.75, 3.05) is 0 Å². The van der Waals surface area contributed by atoms with E-state index < -0.39 is 0 Å². The fraction of sp³-hybridized carbons (Fsp3) is 0.833. The summed E-state index contributed by atoms with van der Waals surface area (Å²) < 4.78 is 0. The minimum atomic E-state index is 0.369. The molecule has 0 amide bonds. The van der Waals surface area contributed by atoms with Crippen LogP contribution < -0.4 is 0 Å². The first kappa shape index (κ1) is 17.3. The Morgan fingerprint density at radius 3 is 1.80 bits per heavy atom. The van der Waals surface area contributed by atoms with E-state index in [1.807, 2.05) is 0 Å². The molecule has 0 radical (unpaired) electrons. The third-order valence-electron chi connectivity index (χ3n) is 5.00. The largest absolute Gasteiger partial charge is 0.516 e. The van der Waals surface area contributed by atoms with Crippen molar-refractivity contribution < 1.29 is 9.90 Å². The highest BCUT2D eigenvalue weighted by Gasteiger charge is 2.26. The highest BCUT2D eigenvalue weighted by atomic mass is 16.2. The van der Waals surface area contributed by atoms with Crippen molar-refractivity contribution in [2.45, 2.75) is 79.1 Å². The molecule has 1 N–H and O–H groups in total. The van der Waals surface area contributed by atoms with Gasteiger partial charge in [-0.1, -0.05) is 27.7 Å². The van der Waals surface area contributed by atoms with Crippen LogP contribution >= 0.6 is 0 Å². The lowest BCUT2D eigenvalue weighted by molar-refractivity contribution is -0.112. The average Bonchev–Trinajstić information content (AvgIpc) is 2.40. The second-order valence-electron chi connectivity index (χ2n) is 8.09. The topological polar surface area (TPSA) is 37.3 Å². The molecule has 0 aromatic carbocycles. The molecule has 2 saturated carbocycles. The normalized spacial score (nSPS) is 25.3. The van der Waals surface area contributed by atoms with Crippen LogP contribution in [0.15, 0.2) is 11.8 Å². The zero-order valence-corrected chi connectivity index (χ0v) is 13.7. The molecule has 2 nitrogen and oxygen atoms in total. The molecule has 0 aromatic rings. The summed E-state index contributed by atoms with van der Waals surface area (Å²) in [6.07, 6.45) is 11.7. The van der Waals surface area contributed by atoms with Gasteiger partial charge in [-0.15, -0.1) is 0 Å². The van der Waals surface area contributed by atoms with Crippen molar-refractivity contribution in [3.8, 4) is 0 Å². The summed E-state index contributed by atoms with van der Waals surface area (Å²) in [4.78, 5) is 10.4. The van der Waals surface area contributed by atoms with E-state index in [-0.39, 0.29) is 0 Å². The molecule has 0 saturated heterocycles. The van der Waals surface area contributed by atoms with Gasteiger partial charge in [0.1, 0.15) is 6.29 Å². The number of carbonyl (C=O) groups excluding carboxylic acids is 1. The van der Waals surface area contributed by atoms with Gasteiger partial charge in [-0.2, -0.15) is 0 Å². The maximum absolute atomic E-state index is 10.4. The van der Waals surface area contributed by atoms with Crippen molar-refractivity contribution in [3.05, 3.63) is 11.8 Å². The molecule has 0 heterocycles. The Bertz CT molecular complexity index is 317. The molecule has 0 aromatic heterocycles. The molecule has 20 heavy (non-hydrogen) atoms. The van der Waals surface area contributed by atoms with Gasteiger partial charge in [0.05, 0.1) is 6.26 Å². The molecular weight excluding hydrogens is 248 g/mol. The van der Waals surface area contributed by atoms with E-state index in [0.717, 1.165) is 32.0 Å². The second-order valence-corrected chi connectivity index (χ2v) is 8.09. The molecule has 0 aliphatic heterocycles. The molecule has 2 heteroatoms. The number of carbonyl (C=O) groups is 1. The SMILES string of the molecule is CC1(C)CCC(=CO)CC1.CC1(C)CCC(C=O)CC1. The van der Waals surface area contributed by atoms with E-state index in [9.17, 15) is 4.79 Å². The van der Waals surface area contributed by atoms with Crippen LogP contribution in [0.1, 0.15) is 79.1 Å². The van der Waals surface area contributed by atoms with Crippen LogP contribution in [0.3, 0.4) is 0 Å². The lowest BCUT2D eigenvalue weighted by Gasteiger charge is -2.31. The van der Waals surface area contributed by atoms with Gasteiger partial charge < -0.3 is 9.90 Å². The number of aldehydes is 1. The monoisotopic (exact) mass is 280 g/mol. The van der Waals surface area contributed by atoms with Gasteiger partial charge in [0.15, 0.2) is 0 Å². The minimum Gasteiger partial charge on any atom is -0.516 e. The van der Waals surface area contributed by atoms with E-state index in [2.05, 4.69) is 27.7 Å². The quantitative estimate of drug-likeness (QED) is 0.513. The lowest BCUT2D eigenvalue weighted by atomic mass is 9.74. The zero-order chi connectivity index (χ0) is 15.2. The summed E-state index contributed by atoms with van der Waals surface area (Å²) in [7, 11) is 0. The molecule has 0 spiro atoms. The summed E-state index contributed by atoms with van der Waals surface area (Å²) in [5.41, 5.74) is 2.23. The Kier molecular flexibility index (Phi) is 6.29. The second kappa shape index (κ2) is 7.28. The third kappa shape index (κ3) is 6.11. The van der Waals surface area contributed by atoms with Gasteiger partial charge >= 0.3 is 0 Å². The first-order valence-corrected chi connectivity index (χ1v) is 8.05. The van der Waals surface area contributed by atoms with Gasteiger partial charge in [0.25, 0.3) is 0 Å². The van der Waals surface area contributed by atoms with Crippen LogP contribution in [0.4, 0.5) is 0 Å². The van der Waals surface area contributed by atoms with Crippen LogP contribution in [0.25, 0.3) is 0 Å². The van der Waals surface area contributed by atoms with Crippen LogP contribution in [-0.2, 0) is 4.79 Å². The Balaban J connectivity index is 0.000000200. The average molecular weight is 280 g/mol. The van der Waals surface area contributed by atoms with Gasteiger partial charge in [-0.05, 0) is 67.8 Å². The van der Waals surface area contributed by atoms with E-state index >= 15 is 0 Å². The van der Waals surface area contributed by atoms with E-state index in [1.54, 1.807) is 0 Å². The molecule has 116 valence electrons. The van der Waals surface area contributed by atoms with Crippen molar-refractivity contribution in [1.29, 1.82) is 0 Å². The van der Waals surface area contributed by atoms with Crippen molar-refractivity contribution in [3.63, 3.8) is 0 Å². The Morgan fingerprint density at radius 2 is 1.40 bits per heavy atom. The molecule has 0 atom stereocenters. The fourth-order valence-electron chi connectivity index (χ4n) is 2.93. The highest BCUT2D eigenvalue weighted by Crippen LogP contribution is 2.37. The molecule has 0 bridgehead atoms. The third-order valence-corrected chi connectivity index (χ3v) is 5.00. The molecule has 2 fully saturated rings. The summed E-state index contributed by atoms with van der Waals surface area (Å²) in [5, 5.41) is 8.70. The van der Waals surface area contributed by atoms with Crippen molar-refractivity contribution in [2.24, 2.45) is 16.7 Å². The number of allylic oxidation sites excluding steroid dienone is 1. The van der Waals surface area contributed by atoms with Gasteiger partial charge in [-0.25, -0.2) is 0 Å². The van der Waals surface area contributed by atoms with Gasteiger partial charge in [-0.3, -0.25) is 0 Å². The fourth-order valence-corrected chi connectivity index (χ4v) is 2.93. The minimum absolute atomic E-state index is 0.369. The highest BCUT2D eigenvalue weighted by molar-refractivity contribution is 5.53. The van der Waals surface area contributed by atoms with Crippen LogP contribution in [0, 0.1) is 16.7 Å². The summed E-state index contributed by atoms with van der Waals surface area (Å²) in [6.45, 7) is 9.16. The molecule has 0 unspecified atom stereocenters. The number of aliphatic hydroxyl groups is 1. The van der Waals surface area contributed by atoms with Crippen LogP contribution in [0.5, 0.6) is 0 Å². The van der Waals surface area contributed by atoms with Gasteiger partial charge in [0.2, 0.25) is 0 Å². The Hall–Kier alpha value is -0.790. The van der Waals surface area contributed by atoms with E-state index in [1.165, 1.54) is 37.5 Å². The molecule has 2 aliphatic rings. The van der Waals surface area contributed by atoms with Crippen LogP contribution in [-0.4, -0.2) is 11.4 Å². The Labute approximate surface area is 124 Å². The summed E-state index contributed by atoms with van der Waals surface area (Å²) in [5.74, 6) is 0.369. The zero-order valence-electron chi connectivity index (χ0n) is 13.7. The summed E-state index contributed by atoms with van der Waals surface area (Å²) >= 11 is 0. The predicted octanol–water partition coefficient (Wildman–Crippen LogP) is 5.43. The van der Waals surface area contributed by atoms with Crippen LogP contribution in [0.2, 0.25) is 0 Å². The Morgan fingerprint density at radius 1 is 0.950 bits per heavy atom. The number of rotatable bonds is 1. The smallest absolute Gasteiger partial charge is 0.123 e.